The van der Waals surface area contributed by atoms with Gasteiger partial charge in [0, 0.05) is 104 Å². The van der Waals surface area contributed by atoms with Crippen molar-refractivity contribution in [2.24, 2.45) is 0 Å². The van der Waals surface area contributed by atoms with Crippen molar-refractivity contribution in [2.45, 2.75) is 81.6 Å². The summed E-state index contributed by atoms with van der Waals surface area (Å²) in [6.07, 6.45) is 0. The van der Waals surface area contributed by atoms with E-state index in [0.29, 0.717) is 0 Å². The van der Waals surface area contributed by atoms with Crippen molar-refractivity contribution in [3.63, 3.8) is 0 Å². The van der Waals surface area contributed by atoms with Crippen molar-refractivity contribution in [3.8, 4) is 68.3 Å². The number of para-hydroxylation sites is 2. The molecular formula is C68H64Ir3N12Pt-4. The molecule has 4 aromatic heterocycles. The second kappa shape index (κ2) is 31.2. The minimum absolute atomic E-state index is 0. The maximum atomic E-state index is 4.33. The third kappa shape index (κ3) is 16.2. The molecule has 3 radical (unpaired) electrons. The normalized spacial score (nSPS) is 10.4. The summed E-state index contributed by atoms with van der Waals surface area (Å²) in [4.78, 5) is 0. The summed E-state index contributed by atoms with van der Waals surface area (Å²) in [5, 5.41) is 34.1. The fraction of sp³-hybridized carbons (Fsp3) is 0.176. The van der Waals surface area contributed by atoms with E-state index in [1.54, 1.807) is 0 Å². The average molecular weight is 1820 g/mol. The van der Waals surface area contributed by atoms with E-state index in [-0.39, 0.29) is 86.8 Å². The minimum atomic E-state index is 0. The standard InChI is InChI=1S/C19H20N3.2C17H16N3.C15H12N3.3Ir.Pt/c1-14-20-21-18(15-8-6-5-7-9-15)22(14)17-12-10-16(11-13-17)19(2,3)4;1-12-8-7-9-13(2)16(12)20-14(3)18-19-17(20)15-10-5-4-6-11-15;1-12-9-13(2)11-16(10-12)20-14(3)18-19-17(20)15-7-5-4-6-8-15;1-12-16-17-15(13-8-4-2-5-9-13)18(12)14-10-6-3-7-11-14;;;;/h5-8,10-13H,1-4H3;4-10H,1-3H3;4-7,9-11H,1-3H3;2-8,10-11H,1H3;;;;/q4*-1;;;;. The van der Waals surface area contributed by atoms with Crippen molar-refractivity contribution in [1.82, 2.24) is 59.1 Å². The van der Waals surface area contributed by atoms with Crippen LogP contribution in [0, 0.1) is 79.7 Å². The zero-order chi connectivity index (χ0) is 56.3. The molecular weight excluding hydrogens is 1760 g/mol. The van der Waals surface area contributed by atoms with Gasteiger partial charge in [0.2, 0.25) is 0 Å². The zero-order valence-electron chi connectivity index (χ0n) is 48.6. The molecule has 0 amide bonds. The molecule has 12 aromatic rings. The molecule has 0 aliphatic heterocycles. The van der Waals surface area contributed by atoms with E-state index in [1.165, 1.54) is 27.8 Å². The van der Waals surface area contributed by atoms with Gasteiger partial charge in [0.15, 0.2) is 0 Å². The number of nitrogens with zero attached hydrogens (tertiary/aromatic N) is 12. The Labute approximate surface area is 549 Å². The second-order valence-corrected chi connectivity index (χ2v) is 20.4. The molecule has 4 heterocycles. The molecule has 0 spiro atoms. The molecule has 0 saturated carbocycles. The summed E-state index contributed by atoms with van der Waals surface area (Å²) >= 11 is 0. The summed E-state index contributed by atoms with van der Waals surface area (Å²) < 4.78 is 8.28. The van der Waals surface area contributed by atoms with E-state index in [0.717, 1.165) is 91.6 Å². The van der Waals surface area contributed by atoms with Gasteiger partial charge in [-0.25, -0.2) is 0 Å². The Bertz CT molecular complexity index is 3910. The van der Waals surface area contributed by atoms with Crippen molar-refractivity contribution >= 4 is 0 Å². The van der Waals surface area contributed by atoms with Crippen LogP contribution in [0.5, 0.6) is 0 Å². The van der Waals surface area contributed by atoms with Gasteiger partial charge in [0.25, 0.3) is 0 Å². The van der Waals surface area contributed by atoms with Crippen LogP contribution in [-0.2, 0) is 86.8 Å². The number of hydrogen-bond acceptors (Lipinski definition) is 8. The van der Waals surface area contributed by atoms with Crippen LogP contribution in [0.4, 0.5) is 0 Å². The van der Waals surface area contributed by atoms with Gasteiger partial charge in [-0.2, -0.15) is 20.4 Å². The van der Waals surface area contributed by atoms with E-state index in [9.17, 15) is 0 Å². The summed E-state index contributed by atoms with van der Waals surface area (Å²) in [6, 6.07) is 75.6. The quantitative estimate of drug-likeness (QED) is 0.138. The Kier molecular flexibility index (Phi) is 25.2. The first-order valence-corrected chi connectivity index (χ1v) is 26.5. The number of hydrogen-bond donors (Lipinski definition) is 0. The monoisotopic (exact) mass is 1820 g/mol. The number of benzene rings is 8. The topological polar surface area (TPSA) is 123 Å². The molecule has 0 saturated heterocycles. The molecule has 0 fully saturated rings. The molecule has 0 aliphatic rings. The largest absolute Gasteiger partial charge is 0.320 e. The molecule has 0 N–H and O–H groups in total. The van der Waals surface area contributed by atoms with E-state index in [1.807, 2.05) is 160 Å². The number of aryl methyl sites for hydroxylation is 8. The summed E-state index contributed by atoms with van der Waals surface area (Å²) in [5.74, 6) is 6.80. The van der Waals surface area contributed by atoms with Crippen LogP contribution in [-0.4, -0.2) is 59.1 Å². The van der Waals surface area contributed by atoms with Gasteiger partial charge in [-0.15, -0.1) is 164 Å². The van der Waals surface area contributed by atoms with Gasteiger partial charge in [-0.3, -0.25) is 0 Å². The molecule has 0 aliphatic carbocycles. The van der Waals surface area contributed by atoms with Gasteiger partial charge in [0.1, 0.15) is 23.3 Å². The maximum absolute atomic E-state index is 4.33. The van der Waals surface area contributed by atoms with E-state index in [4.69, 9.17) is 0 Å². The first-order valence-electron chi connectivity index (χ1n) is 26.5. The molecule has 12 nitrogen and oxygen atoms in total. The molecule has 0 bridgehead atoms. The fourth-order valence-electron chi connectivity index (χ4n) is 9.40. The number of aromatic nitrogens is 12. The van der Waals surface area contributed by atoms with Gasteiger partial charge < -0.3 is 18.3 Å². The Balaban J connectivity index is 0.000000202. The van der Waals surface area contributed by atoms with E-state index in [2.05, 4.69) is 188 Å². The Hall–Kier alpha value is -7.04. The Morgan fingerprint density at radius 3 is 0.988 bits per heavy atom. The van der Waals surface area contributed by atoms with Crippen molar-refractivity contribution in [1.29, 1.82) is 0 Å². The fourth-order valence-corrected chi connectivity index (χ4v) is 9.40. The van der Waals surface area contributed by atoms with Crippen molar-refractivity contribution in [2.75, 3.05) is 0 Å². The van der Waals surface area contributed by atoms with E-state index < -0.39 is 0 Å². The van der Waals surface area contributed by atoms with Crippen LogP contribution < -0.4 is 0 Å². The third-order valence-electron chi connectivity index (χ3n) is 13.2. The molecule has 0 atom stereocenters. The summed E-state index contributed by atoms with van der Waals surface area (Å²) in [6.45, 7) is 22.9. The zero-order valence-corrected chi connectivity index (χ0v) is 58.0. The first kappa shape index (κ1) is 67.7. The predicted molar refractivity (Wildman–Crippen MR) is 319 cm³/mol. The SMILES string of the molecule is Cc1cc(C)cc(-n2c(C)nnc2-c2[c-]cccc2)c1.Cc1cccc(C)c1-n1c(C)nnc1-c1[c-]cccc1.Cc1nnc(-c2[c-]cccc2)n1-c1ccc(C(C)(C)C)cc1.Cc1nnc(-c2[c-]cccc2)n1-c1ccccc1.[Ir].[Ir].[Ir].[Pt]. The first-order chi connectivity index (χ1) is 38.7. The smallest absolute Gasteiger partial charge is 0.125 e. The van der Waals surface area contributed by atoms with Crippen LogP contribution in [0.25, 0.3) is 68.3 Å². The molecule has 16 heteroatoms. The molecule has 437 valence electrons. The van der Waals surface area contributed by atoms with Crippen molar-refractivity contribution in [3.05, 3.63) is 263 Å². The Morgan fingerprint density at radius 1 is 0.321 bits per heavy atom. The molecule has 84 heavy (non-hydrogen) atoms. The third-order valence-corrected chi connectivity index (χ3v) is 13.2. The van der Waals surface area contributed by atoms with Crippen LogP contribution in [0.1, 0.15) is 71.9 Å². The van der Waals surface area contributed by atoms with Gasteiger partial charge >= 0.3 is 0 Å². The molecule has 8 aromatic carbocycles. The average Bonchev–Trinajstić information content (AvgIpc) is 4.34. The summed E-state index contributed by atoms with van der Waals surface area (Å²) in [7, 11) is 0. The predicted octanol–water partition coefficient (Wildman–Crippen LogP) is 14.7. The van der Waals surface area contributed by atoms with Crippen LogP contribution in [0.15, 0.2) is 188 Å². The molecule has 12 rings (SSSR count). The number of rotatable bonds is 8. The molecule has 0 unspecified atom stereocenters. The maximum Gasteiger partial charge on any atom is 0.125 e. The van der Waals surface area contributed by atoms with Crippen molar-refractivity contribution < 1.29 is 81.4 Å². The second-order valence-electron chi connectivity index (χ2n) is 20.4. The van der Waals surface area contributed by atoms with Crippen LogP contribution in [0.2, 0.25) is 0 Å². The van der Waals surface area contributed by atoms with Gasteiger partial charge in [-0.1, -0.05) is 75.4 Å². The summed E-state index contributed by atoms with van der Waals surface area (Å²) in [5.41, 5.74) is 14.5. The van der Waals surface area contributed by atoms with Crippen LogP contribution >= 0.6 is 0 Å². The van der Waals surface area contributed by atoms with Crippen LogP contribution in [0.3, 0.4) is 0 Å². The van der Waals surface area contributed by atoms with E-state index >= 15 is 0 Å². The minimum Gasteiger partial charge on any atom is -0.320 e. The van der Waals surface area contributed by atoms with Gasteiger partial charge in [0.05, 0.1) is 23.3 Å². The van der Waals surface area contributed by atoms with Gasteiger partial charge in [-0.05, 0) is 125 Å². The Morgan fingerprint density at radius 2 is 0.643 bits per heavy atom.